The van der Waals surface area contributed by atoms with Gasteiger partial charge in [-0.3, -0.25) is 14.4 Å². The van der Waals surface area contributed by atoms with Gasteiger partial charge < -0.3 is 24.8 Å². The fraction of sp³-hybridized carbons (Fsp3) is 0.160. The van der Waals surface area contributed by atoms with E-state index in [0.29, 0.717) is 28.6 Å². The van der Waals surface area contributed by atoms with Gasteiger partial charge in [-0.2, -0.15) is 0 Å². The van der Waals surface area contributed by atoms with Crippen LogP contribution < -0.4 is 20.1 Å². The minimum absolute atomic E-state index is 0.307. The number of esters is 1. The van der Waals surface area contributed by atoms with Gasteiger partial charge >= 0.3 is 5.97 Å². The van der Waals surface area contributed by atoms with Crippen LogP contribution in [0.25, 0.3) is 0 Å². The first kappa shape index (κ1) is 21.9. The maximum atomic E-state index is 12.1. The molecule has 1 aliphatic rings. The number of benzene rings is 3. The third-order valence-corrected chi connectivity index (χ3v) is 4.82. The largest absolute Gasteiger partial charge is 0.478 e. The summed E-state index contributed by atoms with van der Waals surface area (Å²) >= 11 is 0. The molecule has 0 spiro atoms. The summed E-state index contributed by atoms with van der Waals surface area (Å²) < 4.78 is 16.3. The van der Waals surface area contributed by atoms with Crippen molar-refractivity contribution in [2.45, 2.75) is 19.4 Å². The summed E-state index contributed by atoms with van der Waals surface area (Å²) in [5.74, 6) is 0.144. The lowest BCUT2D eigenvalue weighted by Crippen LogP contribution is -2.39. The van der Waals surface area contributed by atoms with E-state index in [-0.39, 0.29) is 6.42 Å². The molecule has 4 rings (SSSR count). The molecule has 1 atom stereocenters. The van der Waals surface area contributed by atoms with Crippen molar-refractivity contribution in [3.8, 4) is 17.2 Å². The summed E-state index contributed by atoms with van der Waals surface area (Å²) in [5.41, 5.74) is 2.21. The highest BCUT2D eigenvalue weighted by atomic mass is 16.5. The van der Waals surface area contributed by atoms with Crippen molar-refractivity contribution in [3.63, 3.8) is 0 Å². The summed E-state index contributed by atoms with van der Waals surface area (Å²) in [6.45, 7) is 1.52. The molecule has 3 aromatic rings. The Morgan fingerprint density at radius 1 is 0.970 bits per heavy atom. The van der Waals surface area contributed by atoms with Crippen molar-refractivity contribution >= 4 is 29.2 Å². The Balaban J connectivity index is 1.22. The summed E-state index contributed by atoms with van der Waals surface area (Å²) in [7, 11) is 0. The molecule has 1 heterocycles. The Hall–Kier alpha value is -4.33. The number of carbonyl (C=O) groups is 3. The number of carbonyl (C=O) groups excluding carboxylic acids is 3. The quantitative estimate of drug-likeness (QED) is 0.531. The van der Waals surface area contributed by atoms with Gasteiger partial charge in [0.05, 0.1) is 12.1 Å². The predicted molar refractivity (Wildman–Crippen MR) is 121 cm³/mol. The van der Waals surface area contributed by atoms with Gasteiger partial charge in [-0.05, 0) is 55.5 Å². The van der Waals surface area contributed by atoms with E-state index in [1.165, 1.54) is 0 Å². The lowest BCUT2D eigenvalue weighted by Gasteiger charge is -2.25. The fourth-order valence-electron chi connectivity index (χ4n) is 3.13. The topological polar surface area (TPSA) is 103 Å². The van der Waals surface area contributed by atoms with Crippen LogP contribution in [0.4, 0.5) is 11.4 Å². The zero-order valence-corrected chi connectivity index (χ0v) is 17.9. The smallest absolute Gasteiger partial charge is 0.310 e. The lowest BCUT2D eigenvalue weighted by atomic mass is 10.1. The van der Waals surface area contributed by atoms with Crippen LogP contribution >= 0.6 is 0 Å². The van der Waals surface area contributed by atoms with E-state index in [1.807, 2.05) is 31.2 Å². The number of nitrogens with one attached hydrogen (secondary N) is 2. The maximum absolute atomic E-state index is 12.1. The van der Waals surface area contributed by atoms with Crippen molar-refractivity contribution < 1.29 is 28.6 Å². The van der Waals surface area contributed by atoms with Gasteiger partial charge in [0.1, 0.15) is 17.2 Å². The Morgan fingerprint density at radius 2 is 1.64 bits per heavy atom. The van der Waals surface area contributed by atoms with Gasteiger partial charge in [-0.15, -0.1) is 0 Å². The van der Waals surface area contributed by atoms with Crippen LogP contribution in [0.2, 0.25) is 0 Å². The van der Waals surface area contributed by atoms with Crippen molar-refractivity contribution in [1.82, 2.24) is 0 Å². The third-order valence-electron chi connectivity index (χ3n) is 4.82. The maximum Gasteiger partial charge on any atom is 0.310 e. The number of hydrogen-bond acceptors (Lipinski definition) is 6. The number of hydrogen-bond donors (Lipinski definition) is 2. The molecule has 2 N–H and O–H groups in total. The monoisotopic (exact) mass is 446 g/mol. The highest BCUT2D eigenvalue weighted by Crippen LogP contribution is 2.29. The number of amides is 2. The molecule has 168 valence electrons. The van der Waals surface area contributed by atoms with E-state index in [4.69, 9.17) is 14.2 Å². The summed E-state index contributed by atoms with van der Waals surface area (Å²) in [6, 6.07) is 21.4. The molecule has 0 radical (unpaired) electrons. The van der Waals surface area contributed by atoms with E-state index >= 15 is 0 Å². The zero-order chi connectivity index (χ0) is 23.2. The Morgan fingerprint density at radius 3 is 2.36 bits per heavy atom. The average Bonchev–Trinajstić information content (AvgIpc) is 2.81. The van der Waals surface area contributed by atoms with Crippen LogP contribution in [-0.2, 0) is 19.1 Å². The standard InChI is InChI=1S/C25H22N2O6/c1-16-6-10-18(11-7-16)32-19-12-8-17(9-13-19)26-23(28)15-31-24(29)14-22-25(30)27-20-4-2-3-5-21(20)33-22/h2-13,22H,14-15H2,1H3,(H,26,28)(H,27,30). The number of aryl methyl sites for hydroxylation is 1. The van der Waals surface area contributed by atoms with Gasteiger partial charge in [0, 0.05) is 5.69 Å². The van der Waals surface area contributed by atoms with Crippen LogP contribution in [0.1, 0.15) is 12.0 Å². The number of para-hydroxylation sites is 2. The summed E-state index contributed by atoms with van der Waals surface area (Å²) in [4.78, 5) is 36.3. The van der Waals surface area contributed by atoms with Gasteiger partial charge in [0.25, 0.3) is 11.8 Å². The number of rotatable bonds is 7. The first-order valence-electron chi connectivity index (χ1n) is 10.3. The lowest BCUT2D eigenvalue weighted by molar-refractivity contribution is -0.150. The molecule has 0 saturated carbocycles. The van der Waals surface area contributed by atoms with Crippen LogP contribution in [-0.4, -0.2) is 30.5 Å². The Kier molecular flexibility index (Phi) is 6.54. The van der Waals surface area contributed by atoms with Gasteiger partial charge in [0.15, 0.2) is 12.7 Å². The van der Waals surface area contributed by atoms with Crippen LogP contribution in [0, 0.1) is 6.92 Å². The molecule has 1 unspecified atom stereocenters. The Labute approximate surface area is 190 Å². The molecule has 33 heavy (non-hydrogen) atoms. The molecule has 8 nitrogen and oxygen atoms in total. The van der Waals surface area contributed by atoms with Crippen molar-refractivity contribution in [1.29, 1.82) is 0 Å². The molecule has 0 aliphatic carbocycles. The normalized spacial score (nSPS) is 14.3. The molecule has 0 saturated heterocycles. The van der Waals surface area contributed by atoms with Crippen LogP contribution in [0.3, 0.4) is 0 Å². The second kappa shape index (κ2) is 9.86. The van der Waals surface area contributed by atoms with E-state index < -0.39 is 30.5 Å². The minimum Gasteiger partial charge on any atom is -0.478 e. The van der Waals surface area contributed by atoms with Crippen LogP contribution in [0.15, 0.2) is 72.8 Å². The SMILES string of the molecule is Cc1ccc(Oc2ccc(NC(=O)COC(=O)CC3Oc4ccccc4NC3=O)cc2)cc1. The number of ether oxygens (including phenoxy) is 3. The molecule has 0 fully saturated rings. The van der Waals surface area contributed by atoms with E-state index in [0.717, 1.165) is 5.56 Å². The molecule has 8 heteroatoms. The first-order valence-corrected chi connectivity index (χ1v) is 10.3. The van der Waals surface area contributed by atoms with Crippen molar-refractivity contribution in [3.05, 3.63) is 78.4 Å². The van der Waals surface area contributed by atoms with E-state index in [2.05, 4.69) is 10.6 Å². The minimum atomic E-state index is -1.02. The molecule has 3 aromatic carbocycles. The third kappa shape index (κ3) is 5.88. The molecule has 0 bridgehead atoms. The molecule has 1 aliphatic heterocycles. The predicted octanol–water partition coefficient (Wildman–Crippen LogP) is 4.06. The second-order valence-electron chi connectivity index (χ2n) is 7.44. The zero-order valence-electron chi connectivity index (χ0n) is 17.9. The van der Waals surface area contributed by atoms with Crippen molar-refractivity contribution in [2.75, 3.05) is 17.2 Å². The first-order chi connectivity index (χ1) is 16.0. The molecule has 2 amide bonds. The Bertz CT molecular complexity index is 1160. The molecular weight excluding hydrogens is 424 g/mol. The van der Waals surface area contributed by atoms with Gasteiger partial charge in [-0.1, -0.05) is 29.8 Å². The number of fused-ring (bicyclic) bond motifs is 1. The summed E-state index contributed by atoms with van der Waals surface area (Å²) in [5, 5.41) is 5.31. The number of anilines is 2. The summed E-state index contributed by atoms with van der Waals surface area (Å²) in [6.07, 6.45) is -1.32. The average molecular weight is 446 g/mol. The van der Waals surface area contributed by atoms with E-state index in [1.54, 1.807) is 48.5 Å². The fourth-order valence-corrected chi connectivity index (χ4v) is 3.13. The van der Waals surface area contributed by atoms with Crippen LogP contribution in [0.5, 0.6) is 17.2 Å². The van der Waals surface area contributed by atoms with E-state index in [9.17, 15) is 14.4 Å². The second-order valence-corrected chi connectivity index (χ2v) is 7.44. The van der Waals surface area contributed by atoms with Gasteiger partial charge in [0.2, 0.25) is 0 Å². The van der Waals surface area contributed by atoms with Crippen molar-refractivity contribution in [2.24, 2.45) is 0 Å². The molecule has 0 aromatic heterocycles. The highest BCUT2D eigenvalue weighted by Gasteiger charge is 2.30. The molecular formula is C25H22N2O6. The van der Waals surface area contributed by atoms with Gasteiger partial charge in [-0.25, -0.2) is 0 Å². The highest BCUT2D eigenvalue weighted by molar-refractivity contribution is 5.99.